The molecule has 34 heavy (non-hydrogen) atoms. The van der Waals surface area contributed by atoms with Gasteiger partial charge in [0.25, 0.3) is 0 Å². The van der Waals surface area contributed by atoms with E-state index in [2.05, 4.69) is 0 Å². The number of benzene rings is 3. The van der Waals surface area contributed by atoms with Crippen LogP contribution in [-0.2, 0) is 19.1 Å². The standard InChI is InChI=1S/C28H23NO5/c1-33-26(31)28(27(32)34-2)17-22(30)24-23(18-11-5-3-6-12-18)20-15-9-10-16-21(20)29(24)25(28)19-13-7-4-8-14-19/h3-16,25H,17H2,1-2H3. The summed E-state index contributed by atoms with van der Waals surface area (Å²) in [4.78, 5) is 40.6. The number of hydrogen-bond acceptors (Lipinski definition) is 5. The lowest BCUT2D eigenvalue weighted by molar-refractivity contribution is -0.172. The number of fused-ring (bicyclic) bond motifs is 3. The molecule has 0 saturated heterocycles. The second-order valence-electron chi connectivity index (χ2n) is 8.34. The fourth-order valence-electron chi connectivity index (χ4n) is 5.24. The minimum absolute atomic E-state index is 0.321. The van der Waals surface area contributed by atoms with Crippen molar-refractivity contribution in [1.82, 2.24) is 4.57 Å². The van der Waals surface area contributed by atoms with Gasteiger partial charge in [0.1, 0.15) is 0 Å². The van der Waals surface area contributed by atoms with Gasteiger partial charge < -0.3 is 14.0 Å². The van der Waals surface area contributed by atoms with Crippen molar-refractivity contribution >= 4 is 28.6 Å². The summed E-state index contributed by atoms with van der Waals surface area (Å²) < 4.78 is 12.1. The molecule has 0 radical (unpaired) electrons. The number of Topliss-reactive ketones (excluding diaryl/α,β-unsaturated/α-hetero) is 1. The quantitative estimate of drug-likeness (QED) is 0.327. The maximum Gasteiger partial charge on any atom is 0.326 e. The maximum atomic E-state index is 13.8. The highest BCUT2D eigenvalue weighted by Crippen LogP contribution is 2.52. The largest absolute Gasteiger partial charge is 0.468 e. The average molecular weight is 453 g/mol. The highest BCUT2D eigenvalue weighted by Gasteiger charge is 2.61. The van der Waals surface area contributed by atoms with Crippen LogP contribution in [0.4, 0.5) is 0 Å². The number of para-hydroxylation sites is 1. The number of esters is 2. The second-order valence-corrected chi connectivity index (χ2v) is 8.34. The Kier molecular flexibility index (Phi) is 5.28. The van der Waals surface area contributed by atoms with E-state index in [-0.39, 0.29) is 12.2 Å². The third-order valence-electron chi connectivity index (χ3n) is 6.62. The van der Waals surface area contributed by atoms with Crippen molar-refractivity contribution in [2.24, 2.45) is 5.41 Å². The van der Waals surface area contributed by atoms with Crippen molar-refractivity contribution in [3.05, 3.63) is 96.2 Å². The van der Waals surface area contributed by atoms with E-state index in [4.69, 9.17) is 9.47 Å². The number of aromatic nitrogens is 1. The van der Waals surface area contributed by atoms with Gasteiger partial charge in [-0.15, -0.1) is 0 Å². The first-order valence-corrected chi connectivity index (χ1v) is 11.0. The van der Waals surface area contributed by atoms with Gasteiger partial charge in [0, 0.05) is 22.9 Å². The molecular formula is C28H23NO5. The summed E-state index contributed by atoms with van der Waals surface area (Å²) in [6.45, 7) is 0. The molecule has 3 aromatic carbocycles. The van der Waals surface area contributed by atoms with E-state index in [9.17, 15) is 14.4 Å². The topological polar surface area (TPSA) is 74.6 Å². The molecular weight excluding hydrogens is 430 g/mol. The molecule has 6 nitrogen and oxygen atoms in total. The molecule has 1 atom stereocenters. The maximum absolute atomic E-state index is 13.8. The first-order chi connectivity index (χ1) is 16.5. The highest BCUT2D eigenvalue weighted by molar-refractivity contribution is 6.16. The van der Waals surface area contributed by atoms with Crippen molar-refractivity contribution in [2.45, 2.75) is 12.5 Å². The van der Waals surface area contributed by atoms with Gasteiger partial charge in [-0.3, -0.25) is 14.4 Å². The number of carbonyl (C=O) groups is 3. The van der Waals surface area contributed by atoms with Gasteiger partial charge in [-0.1, -0.05) is 78.9 Å². The number of methoxy groups -OCH3 is 2. The second kappa shape index (κ2) is 8.30. The third kappa shape index (κ3) is 2.99. The molecule has 0 aliphatic carbocycles. The van der Waals surface area contributed by atoms with Gasteiger partial charge in [-0.2, -0.15) is 0 Å². The monoisotopic (exact) mass is 453 g/mol. The number of rotatable bonds is 4. The van der Waals surface area contributed by atoms with Gasteiger partial charge in [0.2, 0.25) is 0 Å². The molecule has 4 aromatic rings. The van der Waals surface area contributed by atoms with E-state index in [1.807, 2.05) is 89.5 Å². The molecule has 1 aromatic heterocycles. The number of carbonyl (C=O) groups excluding carboxylic acids is 3. The molecule has 0 fully saturated rings. The predicted molar refractivity (Wildman–Crippen MR) is 127 cm³/mol. The molecule has 5 rings (SSSR count). The fraction of sp³-hybridized carbons (Fsp3) is 0.179. The zero-order valence-electron chi connectivity index (χ0n) is 18.9. The Bertz CT molecular complexity index is 1390. The van der Waals surface area contributed by atoms with E-state index in [1.54, 1.807) is 0 Å². The molecule has 6 heteroatoms. The van der Waals surface area contributed by atoms with Crippen molar-refractivity contribution in [2.75, 3.05) is 14.2 Å². The number of ether oxygens (including phenoxy) is 2. The first-order valence-electron chi connectivity index (χ1n) is 11.0. The van der Waals surface area contributed by atoms with Crippen LogP contribution in [0.15, 0.2) is 84.9 Å². The van der Waals surface area contributed by atoms with Crippen LogP contribution in [0.2, 0.25) is 0 Å². The lowest BCUT2D eigenvalue weighted by atomic mass is 9.70. The Morgan fingerprint density at radius 1 is 0.824 bits per heavy atom. The van der Waals surface area contributed by atoms with Crippen LogP contribution >= 0.6 is 0 Å². The normalized spacial score (nSPS) is 16.6. The van der Waals surface area contributed by atoms with Crippen molar-refractivity contribution < 1.29 is 23.9 Å². The smallest absolute Gasteiger partial charge is 0.326 e. The molecule has 1 aliphatic heterocycles. The van der Waals surface area contributed by atoms with Gasteiger partial charge >= 0.3 is 11.9 Å². The van der Waals surface area contributed by atoms with Crippen molar-refractivity contribution in [1.29, 1.82) is 0 Å². The summed E-state index contributed by atoms with van der Waals surface area (Å²) in [6, 6.07) is 25.7. The number of nitrogens with zero attached hydrogens (tertiary/aromatic N) is 1. The zero-order chi connectivity index (χ0) is 23.9. The van der Waals surface area contributed by atoms with Crippen LogP contribution in [0.1, 0.15) is 28.5 Å². The molecule has 1 aliphatic rings. The molecule has 0 bridgehead atoms. The average Bonchev–Trinajstić information content (AvgIpc) is 3.24. The SMILES string of the molecule is COC(=O)C1(C(=O)OC)CC(=O)c2c(-c3ccccc3)c3ccccc3n2C1c1ccccc1. The summed E-state index contributed by atoms with van der Waals surface area (Å²) in [7, 11) is 2.44. The van der Waals surface area contributed by atoms with Gasteiger partial charge in [0.05, 0.1) is 26.0 Å². The molecule has 0 spiro atoms. The summed E-state index contributed by atoms with van der Waals surface area (Å²) in [5, 5.41) is 0.864. The van der Waals surface area contributed by atoms with E-state index in [1.165, 1.54) is 14.2 Å². The van der Waals surface area contributed by atoms with Gasteiger partial charge in [0.15, 0.2) is 11.2 Å². The molecule has 0 N–H and O–H groups in total. The minimum atomic E-state index is -1.87. The molecule has 0 amide bonds. The third-order valence-corrected chi connectivity index (χ3v) is 6.62. The van der Waals surface area contributed by atoms with Gasteiger partial charge in [-0.05, 0) is 17.2 Å². The van der Waals surface area contributed by atoms with Crippen LogP contribution in [-0.4, -0.2) is 36.5 Å². The van der Waals surface area contributed by atoms with Crippen LogP contribution in [0.3, 0.4) is 0 Å². The molecule has 1 unspecified atom stereocenters. The van der Waals surface area contributed by atoms with Crippen molar-refractivity contribution in [3.8, 4) is 11.1 Å². The van der Waals surface area contributed by atoms with Crippen LogP contribution < -0.4 is 0 Å². The lowest BCUT2D eigenvalue weighted by Gasteiger charge is -2.41. The Hall–Kier alpha value is -4.19. The van der Waals surface area contributed by atoms with Gasteiger partial charge in [-0.25, -0.2) is 0 Å². The lowest BCUT2D eigenvalue weighted by Crippen LogP contribution is -2.53. The fourth-order valence-corrected chi connectivity index (χ4v) is 5.24. The van der Waals surface area contributed by atoms with Crippen molar-refractivity contribution in [3.63, 3.8) is 0 Å². The summed E-state index contributed by atoms with van der Waals surface area (Å²) >= 11 is 0. The molecule has 0 saturated carbocycles. The van der Waals surface area contributed by atoms with Crippen LogP contribution in [0, 0.1) is 5.41 Å². The Balaban J connectivity index is 1.95. The molecule has 170 valence electrons. The zero-order valence-corrected chi connectivity index (χ0v) is 18.9. The van der Waals surface area contributed by atoms with E-state index in [0.717, 1.165) is 22.0 Å². The molecule has 2 heterocycles. The number of ketones is 1. The summed E-state index contributed by atoms with van der Waals surface area (Å²) in [5.41, 5.74) is 1.71. The Morgan fingerprint density at radius 3 is 2.00 bits per heavy atom. The highest BCUT2D eigenvalue weighted by atomic mass is 16.5. The summed E-state index contributed by atoms with van der Waals surface area (Å²) in [6.07, 6.45) is -0.359. The first kappa shape index (κ1) is 21.6. The van der Waals surface area contributed by atoms with E-state index in [0.29, 0.717) is 11.3 Å². The van der Waals surface area contributed by atoms with E-state index < -0.39 is 23.4 Å². The van der Waals surface area contributed by atoms with E-state index >= 15 is 0 Å². The summed E-state index contributed by atoms with van der Waals surface area (Å²) in [5.74, 6) is -1.92. The predicted octanol–water partition coefficient (Wildman–Crippen LogP) is 4.82. The van der Waals surface area contributed by atoms with Crippen LogP contribution in [0.25, 0.3) is 22.0 Å². The minimum Gasteiger partial charge on any atom is -0.468 e. The number of hydrogen-bond donors (Lipinski definition) is 0. The Morgan fingerprint density at radius 2 is 1.38 bits per heavy atom. The van der Waals surface area contributed by atoms with Crippen LogP contribution in [0.5, 0.6) is 0 Å². The Labute approximate surface area is 196 Å².